The van der Waals surface area contributed by atoms with Crippen LogP contribution in [-0.2, 0) is 9.53 Å². The van der Waals surface area contributed by atoms with E-state index in [1.165, 1.54) is 6.08 Å². The lowest BCUT2D eigenvalue weighted by Crippen LogP contribution is -2.02. The van der Waals surface area contributed by atoms with Gasteiger partial charge in [0.05, 0.1) is 0 Å². The fourth-order valence-corrected chi connectivity index (χ4v) is 1.41. The lowest BCUT2D eigenvalue weighted by atomic mass is 10.3. The monoisotopic (exact) mass is 210 g/mol. The average Bonchev–Trinajstić information content (AvgIpc) is 2.10. The van der Waals surface area contributed by atoms with Crippen molar-refractivity contribution >= 4 is 33.5 Å². The van der Waals surface area contributed by atoms with E-state index in [1.807, 2.05) is 0 Å². The molecule has 0 aromatic rings. The highest BCUT2D eigenvalue weighted by Gasteiger charge is 2.21. The van der Waals surface area contributed by atoms with Crippen LogP contribution in [0.25, 0.3) is 0 Å². The van der Waals surface area contributed by atoms with Gasteiger partial charge < -0.3 is 4.74 Å². The van der Waals surface area contributed by atoms with Crippen LogP contribution in [0.2, 0.25) is 0 Å². The largest absolute Gasteiger partial charge is 0.443 e. The predicted molar refractivity (Wildman–Crippen MR) is 37.6 cm³/mol. The first-order valence-corrected chi connectivity index (χ1v) is 3.80. The van der Waals surface area contributed by atoms with E-state index in [9.17, 15) is 4.79 Å². The van der Waals surface area contributed by atoms with E-state index in [1.54, 1.807) is 0 Å². The van der Waals surface area contributed by atoms with E-state index in [2.05, 4.69) is 20.7 Å². The van der Waals surface area contributed by atoms with Gasteiger partial charge in [0.1, 0.15) is 0 Å². The van der Waals surface area contributed by atoms with Crippen LogP contribution in [0, 0.1) is 0 Å². The minimum absolute atomic E-state index is 0.303. The second kappa shape index (κ2) is 2.71. The molecule has 1 unspecified atom stereocenters. The van der Waals surface area contributed by atoms with Gasteiger partial charge in [0.2, 0.25) is 0 Å². The van der Waals surface area contributed by atoms with Crippen LogP contribution in [-0.4, -0.2) is 16.9 Å². The van der Waals surface area contributed by atoms with Gasteiger partial charge in [-0.3, -0.25) is 0 Å². The van der Waals surface area contributed by atoms with Crippen LogP contribution in [0.1, 0.15) is 0 Å². The van der Waals surface area contributed by atoms with Crippen molar-refractivity contribution in [2.24, 2.45) is 0 Å². The average molecular weight is 211 g/mol. The molecule has 0 N–H and O–H groups in total. The second-order valence-corrected chi connectivity index (χ2v) is 2.70. The van der Waals surface area contributed by atoms with E-state index >= 15 is 0 Å². The number of rotatable bonds is 1. The Balaban J connectivity index is 2.68. The number of esters is 1. The van der Waals surface area contributed by atoms with Crippen molar-refractivity contribution in [1.82, 2.24) is 0 Å². The van der Waals surface area contributed by atoms with Crippen LogP contribution in [0.5, 0.6) is 0 Å². The standard InChI is InChI=1S/C5H4BrClO2/c6-5-3(2-7)1-4(8)9-5/h1,5H,2H2. The summed E-state index contributed by atoms with van der Waals surface area (Å²) in [5, 5.41) is -0.303. The maximum absolute atomic E-state index is 10.4. The minimum Gasteiger partial charge on any atom is -0.443 e. The molecule has 0 radical (unpaired) electrons. The normalized spacial score (nSPS) is 25.8. The second-order valence-electron chi connectivity index (χ2n) is 1.61. The molecule has 1 heterocycles. The maximum atomic E-state index is 10.4. The van der Waals surface area contributed by atoms with Crippen molar-refractivity contribution in [3.05, 3.63) is 11.6 Å². The summed E-state index contributed by atoms with van der Waals surface area (Å²) in [6, 6.07) is 0. The first-order valence-electron chi connectivity index (χ1n) is 2.35. The molecule has 0 fully saturated rings. The van der Waals surface area contributed by atoms with Crippen molar-refractivity contribution in [3.8, 4) is 0 Å². The van der Waals surface area contributed by atoms with Crippen molar-refractivity contribution in [3.63, 3.8) is 0 Å². The highest BCUT2D eigenvalue weighted by molar-refractivity contribution is 9.09. The molecule has 2 nitrogen and oxygen atoms in total. The van der Waals surface area contributed by atoms with E-state index in [0.29, 0.717) is 5.88 Å². The summed E-state index contributed by atoms with van der Waals surface area (Å²) in [6.07, 6.45) is 1.40. The lowest BCUT2D eigenvalue weighted by molar-refractivity contribution is -0.135. The van der Waals surface area contributed by atoms with Crippen molar-refractivity contribution < 1.29 is 9.53 Å². The number of alkyl halides is 2. The third-order valence-corrected chi connectivity index (χ3v) is 2.05. The van der Waals surface area contributed by atoms with Gasteiger partial charge in [-0.2, -0.15) is 0 Å². The zero-order valence-corrected chi connectivity index (χ0v) is 6.78. The summed E-state index contributed by atoms with van der Waals surface area (Å²) in [6.45, 7) is 0. The molecule has 9 heavy (non-hydrogen) atoms. The van der Waals surface area contributed by atoms with Crippen LogP contribution in [0.3, 0.4) is 0 Å². The number of ether oxygens (including phenoxy) is 1. The number of halogens is 2. The summed E-state index contributed by atoms with van der Waals surface area (Å²) in [7, 11) is 0. The number of carbonyl (C=O) groups excluding carboxylic acids is 1. The summed E-state index contributed by atoms with van der Waals surface area (Å²) in [5.74, 6) is 0.00861. The van der Waals surface area contributed by atoms with Crippen molar-refractivity contribution in [2.45, 2.75) is 5.01 Å². The molecule has 0 aromatic heterocycles. The van der Waals surface area contributed by atoms with Gasteiger partial charge in [0.15, 0.2) is 5.01 Å². The Morgan fingerprint density at radius 2 is 2.56 bits per heavy atom. The molecular weight excluding hydrogens is 207 g/mol. The van der Waals surface area contributed by atoms with Gasteiger partial charge in [-0.25, -0.2) is 4.79 Å². The molecule has 1 aliphatic heterocycles. The minimum atomic E-state index is -0.326. The van der Waals surface area contributed by atoms with E-state index in [4.69, 9.17) is 11.6 Å². The molecule has 1 aliphatic rings. The third-order valence-electron chi connectivity index (χ3n) is 0.969. The molecule has 0 aliphatic carbocycles. The Morgan fingerprint density at radius 3 is 2.78 bits per heavy atom. The predicted octanol–water partition coefficient (Wildman–Crippen LogP) is 1.43. The molecule has 1 atom stereocenters. The SMILES string of the molecule is O=C1C=C(CCl)C(Br)O1. The molecule has 0 aromatic carbocycles. The van der Waals surface area contributed by atoms with E-state index in [0.717, 1.165) is 5.57 Å². The molecule has 0 saturated heterocycles. The number of cyclic esters (lactones) is 1. The molecule has 0 saturated carbocycles. The summed E-state index contributed by atoms with van der Waals surface area (Å²) < 4.78 is 4.67. The Labute approximate surface area is 65.9 Å². The Morgan fingerprint density at radius 1 is 1.89 bits per heavy atom. The van der Waals surface area contributed by atoms with Gasteiger partial charge in [-0.15, -0.1) is 11.6 Å². The number of carbonyl (C=O) groups is 1. The van der Waals surface area contributed by atoms with E-state index < -0.39 is 0 Å². The molecule has 4 heteroatoms. The van der Waals surface area contributed by atoms with Crippen LogP contribution >= 0.6 is 27.5 Å². The first-order chi connectivity index (χ1) is 4.24. The van der Waals surface area contributed by atoms with Crippen LogP contribution in [0.4, 0.5) is 0 Å². The smallest absolute Gasteiger partial charge is 0.332 e. The lowest BCUT2D eigenvalue weighted by Gasteiger charge is -2.00. The molecular formula is C5H4BrClO2. The van der Waals surface area contributed by atoms with Crippen LogP contribution < -0.4 is 0 Å². The Kier molecular flexibility index (Phi) is 2.13. The quantitative estimate of drug-likeness (QED) is 0.484. The Bertz CT molecular complexity index is 166. The molecule has 1 rings (SSSR count). The molecule has 0 spiro atoms. The zero-order valence-electron chi connectivity index (χ0n) is 4.43. The summed E-state index contributed by atoms with van der Waals surface area (Å²) in [4.78, 5) is 10.4. The van der Waals surface area contributed by atoms with Gasteiger partial charge in [0.25, 0.3) is 0 Å². The summed E-state index contributed by atoms with van der Waals surface area (Å²) >= 11 is 8.55. The summed E-state index contributed by atoms with van der Waals surface area (Å²) in [5.41, 5.74) is 0.779. The van der Waals surface area contributed by atoms with Gasteiger partial charge in [-0.1, -0.05) is 0 Å². The van der Waals surface area contributed by atoms with Crippen molar-refractivity contribution in [2.75, 3.05) is 5.88 Å². The van der Waals surface area contributed by atoms with Crippen LogP contribution in [0.15, 0.2) is 11.6 Å². The van der Waals surface area contributed by atoms with E-state index in [-0.39, 0.29) is 11.0 Å². The van der Waals surface area contributed by atoms with Gasteiger partial charge >= 0.3 is 5.97 Å². The third kappa shape index (κ3) is 1.46. The number of hydrogen-bond acceptors (Lipinski definition) is 2. The first kappa shape index (κ1) is 7.09. The van der Waals surface area contributed by atoms with Crippen molar-refractivity contribution in [1.29, 1.82) is 0 Å². The maximum Gasteiger partial charge on any atom is 0.332 e. The fourth-order valence-electron chi connectivity index (χ4n) is 0.528. The molecule has 0 amide bonds. The zero-order chi connectivity index (χ0) is 6.85. The molecule has 0 bridgehead atoms. The topological polar surface area (TPSA) is 26.3 Å². The number of hydrogen-bond donors (Lipinski definition) is 0. The fraction of sp³-hybridized carbons (Fsp3) is 0.400. The van der Waals surface area contributed by atoms with Gasteiger partial charge in [0, 0.05) is 17.5 Å². The highest BCUT2D eigenvalue weighted by atomic mass is 79.9. The van der Waals surface area contributed by atoms with Gasteiger partial charge in [-0.05, 0) is 15.9 Å². The molecule has 50 valence electrons. The Hall–Kier alpha value is -0.0200. The highest BCUT2D eigenvalue weighted by Crippen LogP contribution is 2.21.